The van der Waals surface area contributed by atoms with Gasteiger partial charge in [0.25, 0.3) is 0 Å². The summed E-state index contributed by atoms with van der Waals surface area (Å²) >= 11 is 0. The second-order valence-electron chi connectivity index (χ2n) is 15.2. The maximum absolute atomic E-state index is 12.3. The average molecular weight is 605 g/mol. The number of carbonyl (C=O) groups excluding carboxylic acids is 1. The molecule has 3 saturated carbocycles. The second kappa shape index (κ2) is 10.6. The quantitative estimate of drug-likeness (QED) is 0.119. The predicted molar refractivity (Wildman–Crippen MR) is 169 cm³/mol. The van der Waals surface area contributed by atoms with Crippen molar-refractivity contribution < 1.29 is 34.8 Å². The maximum atomic E-state index is 12.3. The van der Waals surface area contributed by atoms with Gasteiger partial charge in [-0.25, -0.2) is 0 Å². The van der Waals surface area contributed by atoms with Crippen LogP contribution in [0.2, 0.25) is 0 Å². The summed E-state index contributed by atoms with van der Waals surface area (Å²) in [6.45, 7) is 14.8. The van der Waals surface area contributed by atoms with E-state index in [1.807, 2.05) is 19.9 Å². The second-order valence-corrected chi connectivity index (χ2v) is 15.2. The summed E-state index contributed by atoms with van der Waals surface area (Å²) in [5.41, 5.74) is 4.00. The molecule has 4 aliphatic rings. The minimum atomic E-state index is -0.641. The first-order valence-electron chi connectivity index (χ1n) is 15.9. The van der Waals surface area contributed by atoms with Crippen LogP contribution in [-0.4, -0.2) is 32.4 Å². The van der Waals surface area contributed by atoms with E-state index in [-0.39, 0.29) is 44.9 Å². The number of fused-ring (bicyclic) bond motifs is 7. The normalized spacial score (nSPS) is 35.3. The Morgan fingerprint density at radius 3 is 2.14 bits per heavy atom. The van der Waals surface area contributed by atoms with Crippen LogP contribution in [0.15, 0.2) is 42.0 Å². The van der Waals surface area contributed by atoms with Crippen molar-refractivity contribution in [2.45, 2.75) is 105 Å². The van der Waals surface area contributed by atoms with Crippen LogP contribution in [0.1, 0.15) is 103 Å². The van der Waals surface area contributed by atoms with Crippen molar-refractivity contribution in [2.24, 2.45) is 27.6 Å². The van der Waals surface area contributed by atoms with Gasteiger partial charge in [0.1, 0.15) is 11.5 Å². The average Bonchev–Trinajstić information content (AvgIpc) is 2.96. The Bertz CT molecular complexity index is 1530. The van der Waals surface area contributed by atoms with Gasteiger partial charge in [0.05, 0.1) is 5.41 Å². The minimum absolute atomic E-state index is 0.00431. The van der Waals surface area contributed by atoms with E-state index >= 15 is 0 Å². The largest absolute Gasteiger partial charge is 0.508 e. The van der Waals surface area contributed by atoms with Crippen molar-refractivity contribution >= 4 is 11.9 Å². The lowest BCUT2D eigenvalue weighted by atomic mass is 9.34. The van der Waals surface area contributed by atoms with Crippen molar-refractivity contribution in [3.63, 3.8) is 0 Å². The number of hydrogen-bond donors (Lipinski definition) is 4. The van der Waals surface area contributed by atoms with Gasteiger partial charge in [0.2, 0.25) is 0 Å². The van der Waals surface area contributed by atoms with Crippen LogP contribution in [0.4, 0.5) is 0 Å². The van der Waals surface area contributed by atoms with Crippen LogP contribution in [0.3, 0.4) is 0 Å². The van der Waals surface area contributed by atoms with E-state index < -0.39 is 11.4 Å². The van der Waals surface area contributed by atoms with Gasteiger partial charge >= 0.3 is 11.9 Å². The molecule has 3 fully saturated rings. The molecule has 0 bridgehead atoms. The molecule has 0 aliphatic heterocycles. The first-order chi connectivity index (χ1) is 20.4. The smallest absolute Gasteiger partial charge is 0.309 e. The van der Waals surface area contributed by atoms with Crippen LogP contribution in [-0.2, 0) is 21.4 Å². The van der Waals surface area contributed by atoms with Crippen molar-refractivity contribution in [3.8, 4) is 23.0 Å². The monoisotopic (exact) mass is 604 g/mol. The summed E-state index contributed by atoms with van der Waals surface area (Å²) in [5, 5.41) is 39.8. The lowest BCUT2D eigenvalue weighted by molar-refractivity contribution is -0.177. The van der Waals surface area contributed by atoms with Crippen molar-refractivity contribution in [1.82, 2.24) is 0 Å². The van der Waals surface area contributed by atoms with E-state index in [1.54, 1.807) is 0 Å². The number of aliphatic carboxylic acids is 1. The molecule has 4 aliphatic carbocycles. The first kappa shape index (κ1) is 31.9. The third-order valence-electron chi connectivity index (χ3n) is 12.7. The number of carboxylic acid groups (broad SMARTS) is 1. The fourth-order valence-electron chi connectivity index (χ4n) is 9.57. The van der Waals surface area contributed by atoms with E-state index in [2.05, 4.69) is 33.8 Å². The van der Waals surface area contributed by atoms with E-state index in [4.69, 9.17) is 9.84 Å². The number of esters is 1. The number of carbonyl (C=O) groups is 2. The summed E-state index contributed by atoms with van der Waals surface area (Å²) in [6.07, 6.45) is 10.0. The predicted octanol–water partition coefficient (Wildman–Crippen LogP) is 7.96. The lowest BCUT2D eigenvalue weighted by Crippen LogP contribution is -2.62. The molecule has 0 heterocycles. The highest BCUT2D eigenvalue weighted by Crippen LogP contribution is 2.74. The molecule has 0 spiro atoms. The number of rotatable bonds is 2. The van der Waals surface area contributed by atoms with Crippen LogP contribution >= 0.6 is 0 Å². The highest BCUT2D eigenvalue weighted by atomic mass is 16.5. The molecule has 0 radical (unpaired) electrons. The number of aromatic hydroxyl groups is 3. The summed E-state index contributed by atoms with van der Waals surface area (Å²) in [6, 6.07) is 7.77. The van der Waals surface area contributed by atoms with Crippen molar-refractivity contribution in [2.75, 3.05) is 0 Å². The van der Waals surface area contributed by atoms with Crippen molar-refractivity contribution in [3.05, 3.63) is 58.7 Å². The van der Waals surface area contributed by atoms with Gasteiger partial charge in [-0.05, 0) is 134 Å². The zero-order valence-electron chi connectivity index (χ0n) is 27.2. The zero-order valence-corrected chi connectivity index (χ0v) is 27.2. The Balaban J connectivity index is 0.000000296. The number of ether oxygens (including phenoxy) is 1. The standard InChI is InChI=1S/C29H40O4.C8H8O3/c1-17-18-7-8-21-27(4,19(18)15-20(30)23(17)31)12-14-29(6)22-16-26(3,24(32)33)10-9-25(22,2)11-13-28(21,29)5;1-6(9)11-8-4-2-7(10)3-5-8/h8,15,22,30-31H,7,9-14,16H2,1-6H3,(H,32,33);2-5,10H,1H3. The van der Waals surface area contributed by atoms with E-state index in [1.165, 1.54) is 42.3 Å². The Morgan fingerprint density at radius 2 is 1.52 bits per heavy atom. The molecule has 2 aromatic rings. The Labute approximate surface area is 261 Å². The van der Waals surface area contributed by atoms with Crippen LogP contribution < -0.4 is 4.74 Å². The van der Waals surface area contributed by atoms with Crippen LogP contribution in [0.25, 0.3) is 0 Å². The molecule has 0 saturated heterocycles. The first-order valence-corrected chi connectivity index (χ1v) is 15.9. The highest BCUT2D eigenvalue weighted by molar-refractivity contribution is 5.74. The molecular formula is C37H48O7. The van der Waals surface area contributed by atoms with Gasteiger partial charge in [0.15, 0.2) is 11.5 Å². The molecule has 2 aromatic carbocycles. The molecular weight excluding hydrogens is 556 g/mol. The molecule has 6 atom stereocenters. The van der Waals surface area contributed by atoms with Crippen molar-refractivity contribution in [1.29, 1.82) is 0 Å². The van der Waals surface area contributed by atoms with E-state index in [0.29, 0.717) is 11.7 Å². The summed E-state index contributed by atoms with van der Waals surface area (Å²) in [5.74, 6) is -0.0532. The summed E-state index contributed by atoms with van der Waals surface area (Å²) in [7, 11) is 0. The fraction of sp³-hybridized carbons (Fsp3) is 0.568. The number of phenols is 3. The Kier molecular flexibility index (Phi) is 7.66. The van der Waals surface area contributed by atoms with Gasteiger partial charge in [-0.2, -0.15) is 0 Å². The van der Waals surface area contributed by atoms with Crippen LogP contribution in [0.5, 0.6) is 23.0 Å². The molecule has 0 amide bonds. The van der Waals surface area contributed by atoms with Gasteiger partial charge in [-0.1, -0.05) is 39.3 Å². The third-order valence-corrected chi connectivity index (χ3v) is 12.7. The molecule has 4 N–H and O–H groups in total. The van der Waals surface area contributed by atoms with E-state index in [9.17, 15) is 24.9 Å². The Hall–Kier alpha value is -3.48. The van der Waals surface area contributed by atoms with Gasteiger partial charge < -0.3 is 25.2 Å². The minimum Gasteiger partial charge on any atom is -0.508 e. The highest BCUT2D eigenvalue weighted by Gasteiger charge is 2.67. The number of benzene rings is 2. The third kappa shape index (κ3) is 4.78. The molecule has 0 aromatic heterocycles. The van der Waals surface area contributed by atoms with Gasteiger partial charge in [0, 0.05) is 12.3 Å². The maximum Gasteiger partial charge on any atom is 0.309 e. The van der Waals surface area contributed by atoms with Gasteiger partial charge in [-0.3, -0.25) is 9.59 Å². The summed E-state index contributed by atoms with van der Waals surface area (Å²) < 4.78 is 4.72. The molecule has 7 heteroatoms. The number of phenolic OH excluding ortho intramolecular Hbond substituents is 3. The Morgan fingerprint density at radius 1 is 0.886 bits per heavy atom. The molecule has 6 unspecified atom stereocenters. The summed E-state index contributed by atoms with van der Waals surface area (Å²) in [4.78, 5) is 22.7. The number of carboxylic acids is 1. The fourth-order valence-corrected chi connectivity index (χ4v) is 9.57. The molecule has 44 heavy (non-hydrogen) atoms. The van der Waals surface area contributed by atoms with Gasteiger partial charge in [-0.15, -0.1) is 0 Å². The SMILES string of the molecule is CC(=O)Oc1ccc(O)cc1.Cc1c(O)c(O)cc2c1CC=C1C2(C)CCC2(C)C3CC(C)(C(=O)O)CCC3(C)CCC12C. The number of hydrogen-bond acceptors (Lipinski definition) is 6. The molecule has 238 valence electrons. The number of allylic oxidation sites excluding steroid dienone is 2. The topological polar surface area (TPSA) is 124 Å². The molecule has 7 nitrogen and oxygen atoms in total. The lowest BCUT2D eigenvalue weighted by Gasteiger charge is -2.69. The van der Waals surface area contributed by atoms with Crippen LogP contribution in [0, 0.1) is 34.5 Å². The molecule has 6 rings (SSSR count). The zero-order chi connectivity index (χ0) is 32.5. The van der Waals surface area contributed by atoms with E-state index in [0.717, 1.165) is 62.5 Å².